The van der Waals surface area contributed by atoms with Crippen LogP contribution in [0.5, 0.6) is 0 Å². The standard InChI is InChI=1S/C11H23NO/c1-3-12-8-6-11(7-9-12)5-4-10(2)13/h10-11,13H,3-9H2,1-2H3. The lowest BCUT2D eigenvalue weighted by molar-refractivity contribution is 0.147. The molecule has 1 saturated heterocycles. The molecule has 1 rings (SSSR count). The van der Waals surface area contributed by atoms with E-state index >= 15 is 0 Å². The first-order chi connectivity index (χ1) is 6.22. The summed E-state index contributed by atoms with van der Waals surface area (Å²) in [5.41, 5.74) is 0. The Hall–Kier alpha value is -0.0800. The van der Waals surface area contributed by atoms with Crippen LogP contribution in [0, 0.1) is 5.92 Å². The van der Waals surface area contributed by atoms with Crippen LogP contribution >= 0.6 is 0 Å². The number of rotatable bonds is 4. The van der Waals surface area contributed by atoms with Crippen LogP contribution in [0.4, 0.5) is 0 Å². The van der Waals surface area contributed by atoms with Crippen molar-refractivity contribution in [3.8, 4) is 0 Å². The number of aliphatic hydroxyl groups is 1. The van der Waals surface area contributed by atoms with Crippen molar-refractivity contribution in [2.45, 2.75) is 45.6 Å². The summed E-state index contributed by atoms with van der Waals surface area (Å²) in [4.78, 5) is 2.51. The second-order valence-corrected chi connectivity index (χ2v) is 4.30. The fraction of sp³-hybridized carbons (Fsp3) is 1.00. The van der Waals surface area contributed by atoms with E-state index in [1.54, 1.807) is 0 Å². The first kappa shape index (κ1) is 11.0. The predicted octanol–water partition coefficient (Wildman–Crippen LogP) is 1.88. The number of likely N-dealkylation sites (tertiary alicyclic amines) is 1. The summed E-state index contributed by atoms with van der Waals surface area (Å²) < 4.78 is 0. The minimum absolute atomic E-state index is 0.107. The van der Waals surface area contributed by atoms with Crippen molar-refractivity contribution in [2.75, 3.05) is 19.6 Å². The fourth-order valence-electron chi connectivity index (χ4n) is 2.07. The highest BCUT2D eigenvalue weighted by Crippen LogP contribution is 2.22. The quantitative estimate of drug-likeness (QED) is 0.723. The van der Waals surface area contributed by atoms with Gasteiger partial charge in [0, 0.05) is 0 Å². The van der Waals surface area contributed by atoms with Crippen molar-refractivity contribution >= 4 is 0 Å². The van der Waals surface area contributed by atoms with E-state index in [9.17, 15) is 5.11 Å². The van der Waals surface area contributed by atoms with Crippen LogP contribution in [0.15, 0.2) is 0 Å². The highest BCUT2D eigenvalue weighted by molar-refractivity contribution is 4.71. The lowest BCUT2D eigenvalue weighted by Gasteiger charge is -2.31. The second kappa shape index (κ2) is 5.61. The maximum atomic E-state index is 9.17. The van der Waals surface area contributed by atoms with Crippen LogP contribution in [0.1, 0.15) is 39.5 Å². The van der Waals surface area contributed by atoms with E-state index in [0.717, 1.165) is 12.3 Å². The molecule has 0 aromatic rings. The van der Waals surface area contributed by atoms with E-state index in [1.807, 2.05) is 6.92 Å². The molecule has 1 fully saturated rings. The van der Waals surface area contributed by atoms with E-state index < -0.39 is 0 Å². The molecule has 1 aliphatic heterocycles. The highest BCUT2D eigenvalue weighted by Gasteiger charge is 2.17. The van der Waals surface area contributed by atoms with Gasteiger partial charge in [0.05, 0.1) is 6.10 Å². The summed E-state index contributed by atoms with van der Waals surface area (Å²) in [6.07, 6.45) is 4.76. The molecule has 0 spiro atoms. The maximum Gasteiger partial charge on any atom is 0.0512 e. The topological polar surface area (TPSA) is 23.5 Å². The Kier molecular flexibility index (Phi) is 4.74. The zero-order chi connectivity index (χ0) is 9.68. The largest absolute Gasteiger partial charge is 0.393 e. The van der Waals surface area contributed by atoms with E-state index in [2.05, 4.69) is 11.8 Å². The Labute approximate surface area is 81.9 Å². The predicted molar refractivity (Wildman–Crippen MR) is 55.8 cm³/mol. The highest BCUT2D eigenvalue weighted by atomic mass is 16.3. The minimum atomic E-state index is -0.107. The van der Waals surface area contributed by atoms with Crippen LogP contribution in [0.2, 0.25) is 0 Å². The van der Waals surface area contributed by atoms with Gasteiger partial charge in [0.2, 0.25) is 0 Å². The molecule has 78 valence electrons. The average molecular weight is 185 g/mol. The SMILES string of the molecule is CCN1CCC(CCC(C)O)CC1. The number of hydrogen-bond acceptors (Lipinski definition) is 2. The van der Waals surface area contributed by atoms with Gasteiger partial charge in [-0.1, -0.05) is 6.92 Å². The van der Waals surface area contributed by atoms with Crippen LogP contribution in [-0.2, 0) is 0 Å². The summed E-state index contributed by atoms with van der Waals surface area (Å²) in [5, 5.41) is 9.17. The molecule has 0 bridgehead atoms. The van der Waals surface area contributed by atoms with Crippen molar-refractivity contribution in [2.24, 2.45) is 5.92 Å². The molecule has 0 amide bonds. The van der Waals surface area contributed by atoms with Gasteiger partial charge in [0.15, 0.2) is 0 Å². The molecule has 2 heteroatoms. The number of aliphatic hydroxyl groups excluding tert-OH is 1. The minimum Gasteiger partial charge on any atom is -0.393 e. The molecule has 0 aliphatic carbocycles. The Morgan fingerprint density at radius 3 is 2.46 bits per heavy atom. The summed E-state index contributed by atoms with van der Waals surface area (Å²) in [6.45, 7) is 7.85. The van der Waals surface area contributed by atoms with E-state index in [-0.39, 0.29) is 6.10 Å². The smallest absolute Gasteiger partial charge is 0.0512 e. The summed E-state index contributed by atoms with van der Waals surface area (Å²) in [5.74, 6) is 0.873. The molecule has 0 saturated carbocycles. The molecule has 1 aliphatic rings. The van der Waals surface area contributed by atoms with Crippen LogP contribution in [-0.4, -0.2) is 35.7 Å². The maximum absolute atomic E-state index is 9.17. The molecule has 1 heterocycles. The molecular formula is C11H23NO. The second-order valence-electron chi connectivity index (χ2n) is 4.30. The first-order valence-corrected chi connectivity index (χ1v) is 5.62. The number of nitrogens with zero attached hydrogens (tertiary/aromatic N) is 1. The Balaban J connectivity index is 2.10. The lowest BCUT2D eigenvalue weighted by Crippen LogP contribution is -2.33. The first-order valence-electron chi connectivity index (χ1n) is 5.62. The summed E-state index contributed by atoms with van der Waals surface area (Å²) >= 11 is 0. The zero-order valence-electron chi connectivity index (χ0n) is 9.00. The third-order valence-electron chi connectivity index (χ3n) is 3.15. The van der Waals surface area contributed by atoms with E-state index in [1.165, 1.54) is 38.9 Å². The molecule has 13 heavy (non-hydrogen) atoms. The van der Waals surface area contributed by atoms with Crippen molar-refractivity contribution in [1.82, 2.24) is 4.90 Å². The Bertz CT molecular complexity index is 128. The monoisotopic (exact) mass is 185 g/mol. The molecule has 1 unspecified atom stereocenters. The molecule has 0 aromatic carbocycles. The molecule has 2 nitrogen and oxygen atoms in total. The molecule has 1 atom stereocenters. The van der Waals surface area contributed by atoms with Crippen LogP contribution in [0.25, 0.3) is 0 Å². The van der Waals surface area contributed by atoms with Crippen molar-refractivity contribution in [1.29, 1.82) is 0 Å². The van der Waals surface area contributed by atoms with Crippen LogP contribution in [0.3, 0.4) is 0 Å². The molecule has 1 N–H and O–H groups in total. The van der Waals surface area contributed by atoms with Gasteiger partial charge in [-0.05, 0) is 58.2 Å². The summed E-state index contributed by atoms with van der Waals surface area (Å²) in [7, 11) is 0. The molecule has 0 aromatic heterocycles. The normalized spacial score (nSPS) is 23.3. The van der Waals surface area contributed by atoms with Crippen LogP contribution < -0.4 is 0 Å². The van der Waals surface area contributed by atoms with Gasteiger partial charge < -0.3 is 10.0 Å². The van der Waals surface area contributed by atoms with Crippen molar-refractivity contribution in [3.63, 3.8) is 0 Å². The van der Waals surface area contributed by atoms with Gasteiger partial charge in [-0.3, -0.25) is 0 Å². The van der Waals surface area contributed by atoms with Gasteiger partial charge in [0.25, 0.3) is 0 Å². The Morgan fingerprint density at radius 2 is 2.00 bits per heavy atom. The number of hydrogen-bond donors (Lipinski definition) is 1. The van der Waals surface area contributed by atoms with Gasteiger partial charge in [0.1, 0.15) is 0 Å². The van der Waals surface area contributed by atoms with E-state index in [0.29, 0.717) is 0 Å². The van der Waals surface area contributed by atoms with Crippen molar-refractivity contribution < 1.29 is 5.11 Å². The van der Waals surface area contributed by atoms with Gasteiger partial charge in [-0.2, -0.15) is 0 Å². The number of piperidine rings is 1. The Morgan fingerprint density at radius 1 is 1.38 bits per heavy atom. The van der Waals surface area contributed by atoms with Gasteiger partial charge in [-0.15, -0.1) is 0 Å². The third kappa shape index (κ3) is 4.10. The van der Waals surface area contributed by atoms with Gasteiger partial charge >= 0.3 is 0 Å². The molecular weight excluding hydrogens is 162 g/mol. The molecule has 0 radical (unpaired) electrons. The van der Waals surface area contributed by atoms with E-state index in [4.69, 9.17) is 0 Å². The summed E-state index contributed by atoms with van der Waals surface area (Å²) in [6, 6.07) is 0. The lowest BCUT2D eigenvalue weighted by atomic mass is 9.91. The fourth-order valence-corrected chi connectivity index (χ4v) is 2.07. The zero-order valence-corrected chi connectivity index (χ0v) is 9.00. The average Bonchev–Trinajstić information content (AvgIpc) is 2.15. The third-order valence-corrected chi connectivity index (χ3v) is 3.15. The van der Waals surface area contributed by atoms with Crippen molar-refractivity contribution in [3.05, 3.63) is 0 Å². The van der Waals surface area contributed by atoms with Gasteiger partial charge in [-0.25, -0.2) is 0 Å².